The van der Waals surface area contributed by atoms with Crippen LogP contribution in [-0.2, 0) is 6.42 Å². The fourth-order valence-corrected chi connectivity index (χ4v) is 5.72. The van der Waals surface area contributed by atoms with Gasteiger partial charge in [-0.05, 0) is 31.7 Å². The number of furan rings is 1. The lowest BCUT2D eigenvalue weighted by Gasteiger charge is -2.10. The van der Waals surface area contributed by atoms with E-state index in [9.17, 15) is 20.4 Å². The number of aromatic hydroxyl groups is 4. The molecule has 1 heterocycles. The molecule has 6 heteroatoms. The van der Waals surface area contributed by atoms with Crippen molar-refractivity contribution in [3.05, 3.63) is 23.3 Å². The fraction of sp³-hybridized carbons (Fsp3) is 0.600. The Balaban J connectivity index is 1.77. The van der Waals surface area contributed by atoms with Gasteiger partial charge in [-0.1, -0.05) is 116 Å². The molecular formula is C35H52O6. The second-order valence-electron chi connectivity index (χ2n) is 11.4. The van der Waals surface area contributed by atoms with Crippen molar-refractivity contribution >= 4 is 28.0 Å². The molecule has 4 N–H and O–H groups in total. The van der Waals surface area contributed by atoms with Crippen LogP contribution in [0.25, 0.3) is 28.0 Å². The lowest BCUT2D eigenvalue weighted by molar-refractivity contribution is 0.370. The van der Waals surface area contributed by atoms with Gasteiger partial charge in [0.15, 0.2) is 34.3 Å². The average Bonchev–Trinajstić information content (AvgIpc) is 3.36. The minimum atomic E-state index is -0.388. The van der Waals surface area contributed by atoms with Crippen molar-refractivity contribution in [2.45, 2.75) is 129 Å². The van der Waals surface area contributed by atoms with Crippen LogP contribution in [0.2, 0.25) is 0 Å². The predicted octanol–water partition coefficient (Wildman–Crippen LogP) is 10.6. The number of unbranched alkanes of at least 4 members (excludes halogenated alkanes) is 15. The number of rotatable bonds is 20. The van der Waals surface area contributed by atoms with Crippen molar-refractivity contribution in [1.29, 1.82) is 0 Å². The third-order valence-electron chi connectivity index (χ3n) is 8.21. The standard InChI is InChI=1S/C35H52O6/c1-4-6-8-10-12-14-16-18-20-22-25-31(37)33(39)29-27-24-28(40-3)30(36)26(34(27)41-35(29)32(25)38)23-21-19-17-15-13-11-9-7-5-2/h20,22,24,36-39H,4-19,21,23H2,1-3H3. The van der Waals surface area contributed by atoms with Gasteiger partial charge in [0.2, 0.25) is 0 Å². The molecule has 0 unspecified atom stereocenters. The van der Waals surface area contributed by atoms with E-state index in [-0.39, 0.29) is 45.3 Å². The SMILES string of the molecule is CCCCCCCCCC=Cc1c(O)c(O)c2c(oc3c(CCCCCCCCCCC)c(O)c(OC)cc32)c1O. The molecule has 0 aliphatic carbocycles. The molecule has 1 aromatic heterocycles. The summed E-state index contributed by atoms with van der Waals surface area (Å²) in [5.41, 5.74) is 1.21. The van der Waals surface area contributed by atoms with E-state index in [0.29, 0.717) is 23.0 Å². The van der Waals surface area contributed by atoms with Gasteiger partial charge < -0.3 is 29.6 Å². The highest BCUT2D eigenvalue weighted by Crippen LogP contribution is 2.51. The molecule has 0 atom stereocenters. The molecular weight excluding hydrogens is 516 g/mol. The second-order valence-corrected chi connectivity index (χ2v) is 11.4. The Morgan fingerprint density at radius 1 is 0.659 bits per heavy atom. The van der Waals surface area contributed by atoms with Crippen molar-refractivity contribution in [2.75, 3.05) is 7.11 Å². The van der Waals surface area contributed by atoms with E-state index in [2.05, 4.69) is 13.8 Å². The second kappa shape index (κ2) is 17.1. The summed E-state index contributed by atoms with van der Waals surface area (Å²) in [7, 11) is 1.48. The first-order valence-electron chi connectivity index (χ1n) is 16.0. The molecule has 228 valence electrons. The van der Waals surface area contributed by atoms with E-state index in [1.807, 2.05) is 6.08 Å². The minimum Gasteiger partial charge on any atom is -0.504 e. The third kappa shape index (κ3) is 8.50. The van der Waals surface area contributed by atoms with E-state index in [1.165, 1.54) is 77.7 Å². The van der Waals surface area contributed by atoms with E-state index < -0.39 is 0 Å². The van der Waals surface area contributed by atoms with Crippen LogP contribution in [0.1, 0.15) is 134 Å². The average molecular weight is 569 g/mol. The van der Waals surface area contributed by atoms with Crippen LogP contribution in [0.3, 0.4) is 0 Å². The Morgan fingerprint density at radius 2 is 1.22 bits per heavy atom. The molecule has 0 aliphatic rings. The number of aryl methyl sites for hydroxylation is 1. The van der Waals surface area contributed by atoms with Gasteiger partial charge in [0.1, 0.15) is 5.58 Å². The Morgan fingerprint density at radius 3 is 1.80 bits per heavy atom. The van der Waals surface area contributed by atoms with Crippen LogP contribution in [0.15, 0.2) is 16.6 Å². The zero-order valence-corrected chi connectivity index (χ0v) is 25.6. The van der Waals surface area contributed by atoms with Crippen LogP contribution in [0, 0.1) is 0 Å². The summed E-state index contributed by atoms with van der Waals surface area (Å²) in [4.78, 5) is 0. The molecule has 0 bridgehead atoms. The number of allylic oxidation sites excluding steroid dienone is 1. The molecule has 0 radical (unpaired) electrons. The smallest absolute Gasteiger partial charge is 0.181 e. The van der Waals surface area contributed by atoms with Crippen LogP contribution in [0.5, 0.6) is 28.7 Å². The predicted molar refractivity (Wildman–Crippen MR) is 170 cm³/mol. The van der Waals surface area contributed by atoms with Crippen LogP contribution < -0.4 is 4.74 Å². The first-order valence-corrected chi connectivity index (χ1v) is 16.0. The van der Waals surface area contributed by atoms with E-state index in [4.69, 9.17) is 9.15 Å². The van der Waals surface area contributed by atoms with Gasteiger partial charge in [0.25, 0.3) is 0 Å². The Labute approximate surface area is 246 Å². The number of phenolic OH excluding ortho intramolecular Hbond substituents is 4. The number of hydrogen-bond donors (Lipinski definition) is 4. The molecule has 0 saturated carbocycles. The highest BCUT2D eigenvalue weighted by molar-refractivity contribution is 6.14. The van der Waals surface area contributed by atoms with Crippen molar-refractivity contribution in [1.82, 2.24) is 0 Å². The zero-order valence-electron chi connectivity index (χ0n) is 25.6. The van der Waals surface area contributed by atoms with Crippen molar-refractivity contribution in [3.8, 4) is 28.7 Å². The number of hydrogen-bond acceptors (Lipinski definition) is 6. The summed E-state index contributed by atoms with van der Waals surface area (Å²) in [5, 5.41) is 44.6. The summed E-state index contributed by atoms with van der Waals surface area (Å²) < 4.78 is 11.6. The summed E-state index contributed by atoms with van der Waals surface area (Å²) in [6, 6.07) is 1.59. The Hall–Kier alpha value is -3.02. The first kappa shape index (κ1) is 32.5. The molecule has 2 aromatic carbocycles. The van der Waals surface area contributed by atoms with E-state index in [1.54, 1.807) is 12.1 Å². The molecule has 41 heavy (non-hydrogen) atoms. The highest BCUT2D eigenvalue weighted by Gasteiger charge is 2.26. The topological polar surface area (TPSA) is 103 Å². The number of benzene rings is 2. The number of fused-ring (bicyclic) bond motifs is 3. The Kier molecular flexibility index (Phi) is 13.5. The quantitative estimate of drug-likeness (QED) is 0.0614. The van der Waals surface area contributed by atoms with Gasteiger partial charge in [-0.2, -0.15) is 0 Å². The van der Waals surface area contributed by atoms with E-state index >= 15 is 0 Å². The van der Waals surface area contributed by atoms with Crippen molar-refractivity contribution in [3.63, 3.8) is 0 Å². The van der Waals surface area contributed by atoms with Gasteiger partial charge in [0, 0.05) is 10.9 Å². The molecule has 6 nitrogen and oxygen atoms in total. The van der Waals surface area contributed by atoms with Crippen LogP contribution in [-0.4, -0.2) is 27.5 Å². The maximum atomic E-state index is 11.1. The van der Waals surface area contributed by atoms with Gasteiger partial charge >= 0.3 is 0 Å². The minimum absolute atomic E-state index is 0.0108. The van der Waals surface area contributed by atoms with Gasteiger partial charge in [-0.25, -0.2) is 0 Å². The number of methoxy groups -OCH3 is 1. The lowest BCUT2D eigenvalue weighted by Crippen LogP contribution is -1.92. The van der Waals surface area contributed by atoms with Gasteiger partial charge in [-0.15, -0.1) is 0 Å². The summed E-state index contributed by atoms with van der Waals surface area (Å²) in [5.74, 6) is -0.690. The summed E-state index contributed by atoms with van der Waals surface area (Å²) in [6.07, 6.45) is 24.1. The largest absolute Gasteiger partial charge is 0.504 e. The summed E-state index contributed by atoms with van der Waals surface area (Å²) >= 11 is 0. The molecule has 0 aliphatic heterocycles. The maximum absolute atomic E-state index is 11.1. The summed E-state index contributed by atoms with van der Waals surface area (Å²) in [6.45, 7) is 4.45. The van der Waals surface area contributed by atoms with Crippen molar-refractivity contribution in [2.24, 2.45) is 0 Å². The number of ether oxygens (including phenoxy) is 1. The fourth-order valence-electron chi connectivity index (χ4n) is 5.72. The molecule has 0 amide bonds. The van der Waals surface area contributed by atoms with E-state index in [0.717, 1.165) is 38.5 Å². The molecule has 0 fully saturated rings. The molecule has 3 aromatic rings. The zero-order chi connectivity index (χ0) is 29.6. The molecule has 0 saturated heterocycles. The Bertz CT molecular complexity index is 1260. The highest BCUT2D eigenvalue weighted by atomic mass is 16.5. The van der Waals surface area contributed by atoms with Crippen LogP contribution in [0.4, 0.5) is 0 Å². The van der Waals surface area contributed by atoms with Gasteiger partial charge in [-0.3, -0.25) is 0 Å². The van der Waals surface area contributed by atoms with Crippen molar-refractivity contribution < 1.29 is 29.6 Å². The van der Waals surface area contributed by atoms with Gasteiger partial charge in [0.05, 0.1) is 18.1 Å². The number of phenols is 4. The lowest BCUT2D eigenvalue weighted by atomic mass is 9.99. The molecule has 0 spiro atoms. The molecule has 3 rings (SSSR count). The van der Waals surface area contributed by atoms with Crippen LogP contribution >= 0.6 is 0 Å². The monoisotopic (exact) mass is 568 g/mol. The first-order chi connectivity index (χ1) is 20.0. The third-order valence-corrected chi connectivity index (χ3v) is 8.21. The normalized spacial score (nSPS) is 11.9. The maximum Gasteiger partial charge on any atom is 0.181 e.